The smallest absolute Gasteiger partial charge is 0.203 e. The van der Waals surface area contributed by atoms with Gasteiger partial charge in [-0.3, -0.25) is 0 Å². The van der Waals surface area contributed by atoms with E-state index in [9.17, 15) is 0 Å². The molecule has 0 atom stereocenters. The van der Waals surface area contributed by atoms with Crippen LogP contribution >= 0.6 is 0 Å². The highest BCUT2D eigenvalue weighted by Gasteiger charge is 2.10. The molecule has 2 aromatic carbocycles. The van der Waals surface area contributed by atoms with Crippen LogP contribution in [-0.4, -0.2) is 27.4 Å². The largest absolute Gasteiger partial charge is 0.493 e. The summed E-state index contributed by atoms with van der Waals surface area (Å²) in [4.78, 5) is 0. The molecule has 0 aromatic heterocycles. The van der Waals surface area contributed by atoms with Crippen LogP contribution in [0.3, 0.4) is 0 Å². The second-order valence-electron chi connectivity index (χ2n) is 4.26. The van der Waals surface area contributed by atoms with Crippen molar-refractivity contribution < 1.29 is 18.9 Å². The van der Waals surface area contributed by atoms with E-state index in [0.29, 0.717) is 36.1 Å². The second kappa shape index (κ2) is 7.28. The lowest BCUT2D eigenvalue weighted by Gasteiger charge is -2.14. The van der Waals surface area contributed by atoms with Gasteiger partial charge in [0.1, 0.15) is 19.0 Å². The van der Waals surface area contributed by atoms with E-state index in [0.717, 1.165) is 5.75 Å². The summed E-state index contributed by atoms with van der Waals surface area (Å²) in [5.74, 6) is 2.58. The quantitative estimate of drug-likeness (QED) is 0.627. The van der Waals surface area contributed by atoms with E-state index in [1.165, 1.54) is 0 Å². The highest BCUT2D eigenvalue weighted by atomic mass is 16.6. The third kappa shape index (κ3) is 3.95. The third-order valence-corrected chi connectivity index (χ3v) is 2.86. The first-order valence-electron chi connectivity index (χ1n) is 6.56. The van der Waals surface area contributed by atoms with Crippen molar-refractivity contribution in [3.05, 3.63) is 42.5 Å². The van der Waals surface area contributed by atoms with Crippen LogP contribution in [0.25, 0.3) is 0 Å². The third-order valence-electron chi connectivity index (χ3n) is 2.86. The number of hydrogen-bond donors (Lipinski definition) is 1. The average molecular weight is 289 g/mol. The average Bonchev–Trinajstić information content (AvgIpc) is 2.53. The Bertz CT molecular complexity index is 547. The maximum absolute atomic E-state index is 5.70. The molecule has 0 heterocycles. The monoisotopic (exact) mass is 289 g/mol. The normalized spacial score (nSPS) is 10.0. The molecule has 0 saturated heterocycles. The zero-order chi connectivity index (χ0) is 15.1. The van der Waals surface area contributed by atoms with Gasteiger partial charge in [-0.1, -0.05) is 6.07 Å². The van der Waals surface area contributed by atoms with Gasteiger partial charge in [0.2, 0.25) is 5.75 Å². The molecule has 5 nitrogen and oxygen atoms in total. The first-order valence-corrected chi connectivity index (χ1v) is 6.56. The van der Waals surface area contributed by atoms with Crippen molar-refractivity contribution >= 4 is 5.69 Å². The van der Waals surface area contributed by atoms with Crippen molar-refractivity contribution in [2.45, 2.75) is 0 Å². The Kier molecular flexibility index (Phi) is 5.15. The standard InChI is InChI=1S/C16H19NO4/c1-18-14-4-3-5-15(19-2)16(14)21-11-10-20-13-8-6-12(17)7-9-13/h3-9H,10-11,17H2,1-2H3. The minimum absolute atomic E-state index is 0.376. The molecule has 0 spiro atoms. The minimum Gasteiger partial charge on any atom is -0.493 e. The van der Waals surface area contributed by atoms with Crippen molar-refractivity contribution in [2.24, 2.45) is 0 Å². The molecule has 0 aliphatic rings. The molecule has 0 saturated carbocycles. The Balaban J connectivity index is 1.90. The number of nitrogens with two attached hydrogens (primary N) is 1. The number of ether oxygens (including phenoxy) is 4. The van der Waals surface area contributed by atoms with Gasteiger partial charge < -0.3 is 24.7 Å². The second-order valence-corrected chi connectivity index (χ2v) is 4.26. The number of hydrogen-bond acceptors (Lipinski definition) is 5. The van der Waals surface area contributed by atoms with E-state index in [4.69, 9.17) is 24.7 Å². The molecule has 0 amide bonds. The topological polar surface area (TPSA) is 62.9 Å². The number of methoxy groups -OCH3 is 2. The first-order chi connectivity index (χ1) is 10.2. The highest BCUT2D eigenvalue weighted by Crippen LogP contribution is 2.36. The molecule has 0 aliphatic heterocycles. The molecule has 2 rings (SSSR count). The van der Waals surface area contributed by atoms with Crippen molar-refractivity contribution in [3.8, 4) is 23.0 Å². The first kappa shape index (κ1) is 14.8. The summed E-state index contributed by atoms with van der Waals surface area (Å²) in [6.45, 7) is 0.784. The van der Waals surface area contributed by atoms with E-state index in [1.807, 2.05) is 30.3 Å². The fourth-order valence-corrected chi connectivity index (χ4v) is 1.83. The van der Waals surface area contributed by atoms with Crippen molar-refractivity contribution in [3.63, 3.8) is 0 Å². The van der Waals surface area contributed by atoms with Crippen LogP contribution in [0, 0.1) is 0 Å². The summed E-state index contributed by atoms with van der Waals surface area (Å²) in [5.41, 5.74) is 6.32. The van der Waals surface area contributed by atoms with Gasteiger partial charge in [0, 0.05) is 5.69 Å². The molecule has 2 N–H and O–H groups in total. The maximum Gasteiger partial charge on any atom is 0.203 e. The van der Waals surface area contributed by atoms with Crippen LogP contribution in [0.4, 0.5) is 5.69 Å². The number of para-hydroxylation sites is 1. The lowest BCUT2D eigenvalue weighted by Crippen LogP contribution is -2.10. The minimum atomic E-state index is 0.376. The van der Waals surface area contributed by atoms with Crippen molar-refractivity contribution in [2.75, 3.05) is 33.2 Å². The molecule has 0 unspecified atom stereocenters. The molecule has 2 aromatic rings. The molecule has 112 valence electrons. The van der Waals surface area contributed by atoms with Crippen LogP contribution in [0.2, 0.25) is 0 Å². The fourth-order valence-electron chi connectivity index (χ4n) is 1.83. The maximum atomic E-state index is 5.70. The Labute approximate surface area is 124 Å². The Morgan fingerprint density at radius 3 is 1.95 bits per heavy atom. The fraction of sp³-hybridized carbons (Fsp3) is 0.250. The summed E-state index contributed by atoms with van der Waals surface area (Å²) < 4.78 is 21.8. The summed E-state index contributed by atoms with van der Waals surface area (Å²) in [6, 6.07) is 12.7. The molecule has 0 bridgehead atoms. The van der Waals surface area contributed by atoms with E-state index < -0.39 is 0 Å². The van der Waals surface area contributed by atoms with Gasteiger partial charge in [-0.05, 0) is 36.4 Å². The number of benzene rings is 2. The van der Waals surface area contributed by atoms with Crippen LogP contribution < -0.4 is 24.7 Å². The van der Waals surface area contributed by atoms with Gasteiger partial charge in [0.15, 0.2) is 11.5 Å². The van der Waals surface area contributed by atoms with Crippen LogP contribution in [0.15, 0.2) is 42.5 Å². The van der Waals surface area contributed by atoms with Crippen LogP contribution in [0.1, 0.15) is 0 Å². The number of anilines is 1. The summed E-state index contributed by atoms with van der Waals surface area (Å²) in [6.07, 6.45) is 0. The van der Waals surface area contributed by atoms with E-state index >= 15 is 0 Å². The van der Waals surface area contributed by atoms with E-state index in [-0.39, 0.29) is 0 Å². The predicted molar refractivity (Wildman–Crippen MR) is 81.4 cm³/mol. The molecule has 0 aliphatic carbocycles. The SMILES string of the molecule is COc1cccc(OC)c1OCCOc1ccc(N)cc1. The molecular weight excluding hydrogens is 270 g/mol. The van der Waals surface area contributed by atoms with Gasteiger partial charge in [0.25, 0.3) is 0 Å². The van der Waals surface area contributed by atoms with Gasteiger partial charge in [0.05, 0.1) is 14.2 Å². The molecule has 21 heavy (non-hydrogen) atoms. The predicted octanol–water partition coefficient (Wildman–Crippen LogP) is 2.74. The van der Waals surface area contributed by atoms with E-state index in [2.05, 4.69) is 0 Å². The van der Waals surface area contributed by atoms with Crippen LogP contribution in [0.5, 0.6) is 23.0 Å². The van der Waals surface area contributed by atoms with Gasteiger partial charge in [-0.15, -0.1) is 0 Å². The molecule has 0 fully saturated rings. The van der Waals surface area contributed by atoms with Crippen molar-refractivity contribution in [1.29, 1.82) is 0 Å². The summed E-state index contributed by atoms with van der Waals surface area (Å²) in [5, 5.41) is 0. The lowest BCUT2D eigenvalue weighted by atomic mass is 10.3. The Hall–Kier alpha value is -2.56. The van der Waals surface area contributed by atoms with E-state index in [1.54, 1.807) is 26.4 Å². The van der Waals surface area contributed by atoms with Gasteiger partial charge >= 0.3 is 0 Å². The Morgan fingerprint density at radius 2 is 1.38 bits per heavy atom. The zero-order valence-electron chi connectivity index (χ0n) is 12.2. The van der Waals surface area contributed by atoms with Crippen LogP contribution in [-0.2, 0) is 0 Å². The van der Waals surface area contributed by atoms with Gasteiger partial charge in [-0.2, -0.15) is 0 Å². The van der Waals surface area contributed by atoms with Gasteiger partial charge in [-0.25, -0.2) is 0 Å². The summed E-state index contributed by atoms with van der Waals surface area (Å²) >= 11 is 0. The Morgan fingerprint density at radius 1 is 0.810 bits per heavy atom. The van der Waals surface area contributed by atoms with Crippen molar-refractivity contribution in [1.82, 2.24) is 0 Å². The highest BCUT2D eigenvalue weighted by molar-refractivity contribution is 5.51. The zero-order valence-corrected chi connectivity index (χ0v) is 12.2. The molecule has 0 radical (unpaired) electrons. The molecule has 5 heteroatoms. The number of rotatable bonds is 7. The summed E-state index contributed by atoms with van der Waals surface area (Å²) in [7, 11) is 3.18. The lowest BCUT2D eigenvalue weighted by molar-refractivity contribution is 0.205. The molecular formula is C16H19NO4. The number of nitrogen functional groups attached to an aromatic ring is 1.